The first-order chi connectivity index (χ1) is 15.6. The first-order valence-corrected chi connectivity index (χ1v) is 11.0. The van der Waals surface area contributed by atoms with Crippen LogP contribution in [0.1, 0.15) is 32.7 Å². The van der Waals surface area contributed by atoms with E-state index in [1.807, 2.05) is 53.8 Å². The molecule has 1 aliphatic rings. The summed E-state index contributed by atoms with van der Waals surface area (Å²) in [6.45, 7) is 7.86. The highest BCUT2D eigenvalue weighted by Gasteiger charge is 2.27. The molecule has 0 saturated carbocycles. The summed E-state index contributed by atoms with van der Waals surface area (Å²) in [6.07, 6.45) is 6.14. The molecule has 5 heteroatoms. The molecule has 32 heavy (non-hydrogen) atoms. The lowest BCUT2D eigenvalue weighted by Crippen LogP contribution is -2.49. The van der Waals surface area contributed by atoms with E-state index in [9.17, 15) is 10.1 Å². The molecule has 1 saturated heterocycles. The highest BCUT2D eigenvalue weighted by atomic mass is 16.2. The average Bonchev–Trinajstić information content (AvgIpc) is 3.25. The van der Waals surface area contributed by atoms with Crippen LogP contribution < -0.4 is 0 Å². The van der Waals surface area contributed by atoms with Crippen molar-refractivity contribution >= 4 is 12.0 Å². The fraction of sp³-hybridized carbons (Fsp3) is 0.259. The van der Waals surface area contributed by atoms with Crippen molar-refractivity contribution in [1.29, 1.82) is 5.26 Å². The van der Waals surface area contributed by atoms with Crippen LogP contribution in [0.3, 0.4) is 0 Å². The summed E-state index contributed by atoms with van der Waals surface area (Å²) in [7, 11) is 0. The van der Waals surface area contributed by atoms with Gasteiger partial charge in [-0.1, -0.05) is 54.6 Å². The Hall–Kier alpha value is -3.62. The standard InChI is InChI=1S/C27H28N4O/c1-21-10-11-22(2)25(19-21)31-14-12-24(20-28)26(31)27(32)30-17-15-29(16-18-30)13-6-9-23-7-4-3-5-8-23/h3-12,14,19H,13,15-18H2,1-2H3/b9-6+. The van der Waals surface area contributed by atoms with Gasteiger partial charge in [0.2, 0.25) is 0 Å². The number of benzene rings is 2. The second kappa shape index (κ2) is 9.67. The van der Waals surface area contributed by atoms with E-state index in [-0.39, 0.29) is 5.91 Å². The number of amides is 1. The molecule has 0 aliphatic carbocycles. The van der Waals surface area contributed by atoms with Crippen molar-refractivity contribution in [2.45, 2.75) is 13.8 Å². The molecule has 0 bridgehead atoms. The minimum Gasteiger partial charge on any atom is -0.335 e. The van der Waals surface area contributed by atoms with Crippen molar-refractivity contribution < 1.29 is 4.79 Å². The molecule has 5 nitrogen and oxygen atoms in total. The molecule has 1 aliphatic heterocycles. The largest absolute Gasteiger partial charge is 0.335 e. The Kier molecular flexibility index (Phi) is 6.53. The zero-order chi connectivity index (χ0) is 22.5. The first kappa shape index (κ1) is 21.6. The van der Waals surface area contributed by atoms with Gasteiger partial charge in [0, 0.05) is 44.6 Å². The second-order valence-corrected chi connectivity index (χ2v) is 8.26. The van der Waals surface area contributed by atoms with Gasteiger partial charge < -0.3 is 9.47 Å². The van der Waals surface area contributed by atoms with E-state index in [2.05, 4.69) is 47.4 Å². The van der Waals surface area contributed by atoms with Crippen LogP contribution in [0.25, 0.3) is 11.8 Å². The molecule has 0 atom stereocenters. The summed E-state index contributed by atoms with van der Waals surface area (Å²) in [4.78, 5) is 17.7. The van der Waals surface area contributed by atoms with Crippen molar-refractivity contribution in [2.75, 3.05) is 32.7 Å². The topological polar surface area (TPSA) is 52.3 Å². The third-order valence-electron chi connectivity index (χ3n) is 5.97. The number of nitrogens with zero attached hydrogens (tertiary/aromatic N) is 4. The molecule has 1 amide bonds. The van der Waals surface area contributed by atoms with Crippen molar-refractivity contribution in [2.24, 2.45) is 0 Å². The summed E-state index contributed by atoms with van der Waals surface area (Å²) in [5.41, 5.74) is 5.20. The summed E-state index contributed by atoms with van der Waals surface area (Å²) >= 11 is 0. The van der Waals surface area contributed by atoms with Gasteiger partial charge in [-0.15, -0.1) is 0 Å². The van der Waals surface area contributed by atoms with E-state index < -0.39 is 0 Å². The lowest BCUT2D eigenvalue weighted by molar-refractivity contribution is 0.0642. The summed E-state index contributed by atoms with van der Waals surface area (Å²) in [5.74, 6) is -0.0769. The predicted molar refractivity (Wildman–Crippen MR) is 128 cm³/mol. The van der Waals surface area contributed by atoms with Crippen molar-refractivity contribution in [3.63, 3.8) is 0 Å². The third-order valence-corrected chi connectivity index (χ3v) is 5.97. The molecular weight excluding hydrogens is 396 g/mol. The van der Waals surface area contributed by atoms with Crippen LogP contribution in [0, 0.1) is 25.2 Å². The highest BCUT2D eigenvalue weighted by molar-refractivity contribution is 5.96. The summed E-state index contributed by atoms with van der Waals surface area (Å²) in [5, 5.41) is 9.63. The van der Waals surface area contributed by atoms with E-state index in [0.29, 0.717) is 24.3 Å². The summed E-state index contributed by atoms with van der Waals surface area (Å²) < 4.78 is 1.87. The van der Waals surface area contributed by atoms with Crippen LogP contribution in [0.4, 0.5) is 0 Å². The maximum atomic E-state index is 13.5. The Labute approximate surface area is 189 Å². The Morgan fingerprint density at radius 1 is 1.03 bits per heavy atom. The maximum Gasteiger partial charge on any atom is 0.272 e. The van der Waals surface area contributed by atoms with Gasteiger partial charge in [0.15, 0.2) is 0 Å². The van der Waals surface area contributed by atoms with Gasteiger partial charge in [0.1, 0.15) is 11.8 Å². The Bertz CT molecular complexity index is 1160. The van der Waals surface area contributed by atoms with Gasteiger partial charge >= 0.3 is 0 Å². The molecule has 0 spiro atoms. The van der Waals surface area contributed by atoms with Crippen molar-refractivity contribution in [3.8, 4) is 11.8 Å². The number of hydrogen-bond acceptors (Lipinski definition) is 3. The number of rotatable bonds is 5. The Balaban J connectivity index is 1.46. The first-order valence-electron chi connectivity index (χ1n) is 11.0. The fourth-order valence-electron chi connectivity index (χ4n) is 4.11. The van der Waals surface area contributed by atoms with Crippen LogP contribution in [0.5, 0.6) is 0 Å². The number of hydrogen-bond donors (Lipinski definition) is 0. The average molecular weight is 425 g/mol. The van der Waals surface area contributed by atoms with Crippen LogP contribution >= 0.6 is 0 Å². The molecular formula is C27H28N4O. The molecule has 0 unspecified atom stereocenters. The Morgan fingerprint density at radius 3 is 2.50 bits per heavy atom. The lowest BCUT2D eigenvalue weighted by atomic mass is 10.1. The van der Waals surface area contributed by atoms with E-state index in [4.69, 9.17) is 0 Å². The second-order valence-electron chi connectivity index (χ2n) is 8.26. The number of aromatic nitrogens is 1. The molecule has 2 heterocycles. The van der Waals surface area contributed by atoms with Gasteiger partial charge in [-0.3, -0.25) is 9.69 Å². The molecule has 0 N–H and O–H groups in total. The van der Waals surface area contributed by atoms with Gasteiger partial charge in [-0.05, 0) is 42.7 Å². The lowest BCUT2D eigenvalue weighted by Gasteiger charge is -2.34. The minimum absolute atomic E-state index is 0.0769. The highest BCUT2D eigenvalue weighted by Crippen LogP contribution is 2.23. The molecule has 0 radical (unpaired) electrons. The van der Waals surface area contributed by atoms with Gasteiger partial charge in [0.25, 0.3) is 5.91 Å². The summed E-state index contributed by atoms with van der Waals surface area (Å²) in [6, 6.07) is 20.4. The fourth-order valence-corrected chi connectivity index (χ4v) is 4.11. The molecule has 3 aromatic rings. The number of carbonyl (C=O) groups is 1. The molecule has 2 aromatic carbocycles. The number of carbonyl (C=O) groups excluding carboxylic acids is 1. The van der Waals surface area contributed by atoms with E-state index in [0.717, 1.165) is 36.4 Å². The number of piperazine rings is 1. The molecule has 162 valence electrons. The monoisotopic (exact) mass is 424 g/mol. The van der Waals surface area contributed by atoms with Gasteiger partial charge in [-0.2, -0.15) is 5.26 Å². The van der Waals surface area contributed by atoms with E-state index in [1.54, 1.807) is 6.07 Å². The zero-order valence-electron chi connectivity index (χ0n) is 18.7. The van der Waals surface area contributed by atoms with Crippen LogP contribution in [0.15, 0.2) is 66.9 Å². The van der Waals surface area contributed by atoms with Crippen LogP contribution in [-0.2, 0) is 0 Å². The van der Waals surface area contributed by atoms with Crippen LogP contribution in [-0.4, -0.2) is 53.0 Å². The Morgan fingerprint density at radius 2 is 1.78 bits per heavy atom. The molecule has 1 aromatic heterocycles. The number of nitriles is 1. The zero-order valence-corrected chi connectivity index (χ0v) is 18.7. The predicted octanol–water partition coefficient (Wildman–Crippen LogP) is 4.44. The minimum atomic E-state index is -0.0769. The van der Waals surface area contributed by atoms with Crippen LogP contribution in [0.2, 0.25) is 0 Å². The quantitative estimate of drug-likeness (QED) is 0.609. The smallest absolute Gasteiger partial charge is 0.272 e. The molecule has 4 rings (SSSR count). The normalized spacial score (nSPS) is 14.6. The number of aryl methyl sites for hydroxylation is 2. The SMILES string of the molecule is Cc1ccc(C)c(-n2ccc(C#N)c2C(=O)N2CCN(C/C=C/c3ccccc3)CC2)c1. The van der Waals surface area contributed by atoms with Crippen molar-refractivity contribution in [1.82, 2.24) is 14.4 Å². The molecule has 1 fully saturated rings. The maximum absolute atomic E-state index is 13.5. The van der Waals surface area contributed by atoms with Gasteiger partial charge in [0.05, 0.1) is 5.56 Å². The van der Waals surface area contributed by atoms with E-state index in [1.165, 1.54) is 5.56 Å². The van der Waals surface area contributed by atoms with Crippen molar-refractivity contribution in [3.05, 3.63) is 94.8 Å². The van der Waals surface area contributed by atoms with E-state index >= 15 is 0 Å². The van der Waals surface area contributed by atoms with Gasteiger partial charge in [-0.25, -0.2) is 0 Å². The third kappa shape index (κ3) is 4.66.